The Balaban J connectivity index is 1.96. The van der Waals surface area contributed by atoms with Gasteiger partial charge in [-0.25, -0.2) is 0 Å². The molecule has 0 aliphatic heterocycles. The zero-order valence-electron chi connectivity index (χ0n) is 14.8. The zero-order chi connectivity index (χ0) is 17.8. The predicted molar refractivity (Wildman–Crippen MR) is 99.3 cm³/mol. The van der Waals surface area contributed by atoms with E-state index in [4.69, 9.17) is 9.47 Å². The number of rotatable bonds is 2. The largest absolute Gasteiger partial charge is 0.497 e. The number of hydrogen-bond donors (Lipinski definition) is 0. The van der Waals surface area contributed by atoms with E-state index in [1.807, 2.05) is 50.2 Å². The second-order valence-electron chi connectivity index (χ2n) is 6.64. The Kier molecular flexibility index (Phi) is 3.36. The summed E-state index contributed by atoms with van der Waals surface area (Å²) in [6.45, 7) is 4.08. The molecular formula is C22H20O3. The standard InChI is InChI=1S/C22H20O3/c1-13-9-15-11-17(24-3)5-7-19(15)21(23)22(13)14(2)10-16-12-18(25-4)6-8-20(16)22/h5-12H,1-4H3. The van der Waals surface area contributed by atoms with E-state index in [9.17, 15) is 4.79 Å². The monoisotopic (exact) mass is 332 g/mol. The summed E-state index contributed by atoms with van der Waals surface area (Å²) in [6.07, 6.45) is 4.21. The van der Waals surface area contributed by atoms with E-state index in [0.717, 1.165) is 44.9 Å². The Morgan fingerprint density at radius 2 is 1.36 bits per heavy atom. The fourth-order valence-corrected chi connectivity index (χ4v) is 4.22. The number of allylic oxidation sites excluding steroid dienone is 2. The minimum absolute atomic E-state index is 0.128. The van der Waals surface area contributed by atoms with E-state index in [1.54, 1.807) is 14.2 Å². The van der Waals surface area contributed by atoms with Crippen LogP contribution in [-0.2, 0) is 5.41 Å². The highest BCUT2D eigenvalue weighted by Gasteiger charge is 2.50. The fraction of sp³-hybridized carbons (Fsp3) is 0.227. The van der Waals surface area contributed by atoms with Crippen LogP contribution in [0, 0.1) is 0 Å². The van der Waals surface area contributed by atoms with Crippen LogP contribution in [0.5, 0.6) is 11.5 Å². The predicted octanol–water partition coefficient (Wildman–Crippen LogP) is 4.66. The van der Waals surface area contributed by atoms with Gasteiger partial charge in [0.1, 0.15) is 16.9 Å². The van der Waals surface area contributed by atoms with Crippen molar-refractivity contribution in [1.82, 2.24) is 0 Å². The molecule has 2 aliphatic rings. The Labute approximate surface area is 147 Å². The van der Waals surface area contributed by atoms with Gasteiger partial charge in [-0.2, -0.15) is 0 Å². The first kappa shape index (κ1) is 15.7. The van der Waals surface area contributed by atoms with Gasteiger partial charge in [-0.3, -0.25) is 4.79 Å². The number of methoxy groups -OCH3 is 2. The maximum Gasteiger partial charge on any atom is 0.182 e. The minimum Gasteiger partial charge on any atom is -0.497 e. The Bertz CT molecular complexity index is 965. The summed E-state index contributed by atoms with van der Waals surface area (Å²) in [5, 5.41) is 0. The molecule has 0 aromatic heterocycles. The van der Waals surface area contributed by atoms with Crippen LogP contribution in [0.3, 0.4) is 0 Å². The highest BCUT2D eigenvalue weighted by molar-refractivity contribution is 6.16. The highest BCUT2D eigenvalue weighted by atomic mass is 16.5. The van der Waals surface area contributed by atoms with Crippen molar-refractivity contribution >= 4 is 17.9 Å². The fourth-order valence-electron chi connectivity index (χ4n) is 4.22. The molecule has 0 radical (unpaired) electrons. The Morgan fingerprint density at radius 3 is 2.00 bits per heavy atom. The van der Waals surface area contributed by atoms with Crippen molar-refractivity contribution < 1.29 is 14.3 Å². The number of benzene rings is 2. The van der Waals surface area contributed by atoms with Gasteiger partial charge < -0.3 is 9.47 Å². The molecule has 0 saturated carbocycles. The van der Waals surface area contributed by atoms with E-state index >= 15 is 0 Å². The third-order valence-electron chi connectivity index (χ3n) is 5.43. The third-order valence-corrected chi connectivity index (χ3v) is 5.43. The molecule has 2 aromatic carbocycles. The number of ether oxygens (including phenoxy) is 2. The van der Waals surface area contributed by atoms with Crippen LogP contribution < -0.4 is 9.47 Å². The van der Waals surface area contributed by atoms with Crippen molar-refractivity contribution in [3.8, 4) is 11.5 Å². The maximum absolute atomic E-state index is 13.6. The number of fused-ring (bicyclic) bond motifs is 3. The molecular weight excluding hydrogens is 312 g/mol. The van der Waals surface area contributed by atoms with Gasteiger partial charge in [0.25, 0.3) is 0 Å². The van der Waals surface area contributed by atoms with Crippen molar-refractivity contribution in [2.24, 2.45) is 0 Å². The topological polar surface area (TPSA) is 35.5 Å². The molecule has 25 heavy (non-hydrogen) atoms. The molecule has 0 saturated heterocycles. The first-order valence-corrected chi connectivity index (χ1v) is 8.31. The molecule has 1 unspecified atom stereocenters. The van der Waals surface area contributed by atoms with Crippen LogP contribution in [0.2, 0.25) is 0 Å². The highest BCUT2D eigenvalue weighted by Crippen LogP contribution is 2.52. The second kappa shape index (κ2) is 5.35. The van der Waals surface area contributed by atoms with Crippen LogP contribution >= 0.6 is 0 Å². The molecule has 0 bridgehead atoms. The molecule has 0 amide bonds. The van der Waals surface area contributed by atoms with Gasteiger partial charge in [0, 0.05) is 5.56 Å². The van der Waals surface area contributed by atoms with Crippen LogP contribution in [0.4, 0.5) is 0 Å². The summed E-state index contributed by atoms with van der Waals surface area (Å²) in [5.41, 5.74) is 5.13. The molecule has 0 heterocycles. The van der Waals surface area contributed by atoms with Crippen molar-refractivity contribution in [2.75, 3.05) is 14.2 Å². The minimum atomic E-state index is -0.705. The Hall–Kier alpha value is -2.81. The molecule has 1 atom stereocenters. The summed E-state index contributed by atoms with van der Waals surface area (Å²) in [6, 6.07) is 11.6. The van der Waals surface area contributed by atoms with Gasteiger partial charge in [0.2, 0.25) is 0 Å². The van der Waals surface area contributed by atoms with Gasteiger partial charge in [-0.05, 0) is 60.9 Å². The van der Waals surface area contributed by atoms with Crippen molar-refractivity contribution in [3.63, 3.8) is 0 Å². The van der Waals surface area contributed by atoms with E-state index in [2.05, 4.69) is 12.2 Å². The number of Topliss-reactive ketones (excluding diaryl/α,β-unsaturated/α-hetero) is 1. The van der Waals surface area contributed by atoms with E-state index in [1.165, 1.54) is 0 Å². The van der Waals surface area contributed by atoms with E-state index in [-0.39, 0.29) is 5.78 Å². The zero-order valence-corrected chi connectivity index (χ0v) is 14.8. The molecule has 2 aromatic rings. The van der Waals surface area contributed by atoms with Gasteiger partial charge in [0.15, 0.2) is 5.78 Å². The average Bonchev–Trinajstić information content (AvgIpc) is 2.91. The first-order chi connectivity index (χ1) is 12.0. The first-order valence-electron chi connectivity index (χ1n) is 8.31. The number of hydrogen-bond acceptors (Lipinski definition) is 3. The lowest BCUT2D eigenvalue weighted by Crippen LogP contribution is -2.39. The smallest absolute Gasteiger partial charge is 0.182 e. The van der Waals surface area contributed by atoms with E-state index < -0.39 is 5.41 Å². The van der Waals surface area contributed by atoms with Crippen LogP contribution in [0.15, 0.2) is 47.5 Å². The molecule has 0 N–H and O–H groups in total. The number of carbonyl (C=O) groups is 1. The Morgan fingerprint density at radius 1 is 0.800 bits per heavy atom. The molecule has 3 heteroatoms. The van der Waals surface area contributed by atoms with Crippen molar-refractivity contribution in [2.45, 2.75) is 19.3 Å². The molecule has 126 valence electrons. The second-order valence-corrected chi connectivity index (χ2v) is 6.64. The quantitative estimate of drug-likeness (QED) is 0.802. The molecule has 3 nitrogen and oxygen atoms in total. The van der Waals surface area contributed by atoms with Crippen LogP contribution in [0.25, 0.3) is 12.2 Å². The summed E-state index contributed by atoms with van der Waals surface area (Å²) < 4.78 is 10.6. The average molecular weight is 332 g/mol. The third kappa shape index (κ3) is 1.95. The van der Waals surface area contributed by atoms with Gasteiger partial charge in [-0.1, -0.05) is 29.4 Å². The number of ketones is 1. The molecule has 2 aliphatic carbocycles. The summed E-state index contributed by atoms with van der Waals surface area (Å²) in [7, 11) is 3.29. The van der Waals surface area contributed by atoms with Gasteiger partial charge in [-0.15, -0.1) is 0 Å². The maximum atomic E-state index is 13.6. The SMILES string of the molecule is COc1ccc2c(c1)C=C(C)C1(C2=O)C(C)=Cc2cc(OC)ccc21. The lowest BCUT2D eigenvalue weighted by atomic mass is 9.64. The van der Waals surface area contributed by atoms with Crippen molar-refractivity contribution in [3.05, 3.63) is 69.8 Å². The van der Waals surface area contributed by atoms with Crippen molar-refractivity contribution in [1.29, 1.82) is 0 Å². The van der Waals surface area contributed by atoms with Gasteiger partial charge >= 0.3 is 0 Å². The molecule has 4 rings (SSSR count). The van der Waals surface area contributed by atoms with Crippen LogP contribution in [-0.4, -0.2) is 20.0 Å². The lowest BCUT2D eigenvalue weighted by Gasteiger charge is -2.36. The summed E-state index contributed by atoms with van der Waals surface area (Å²) >= 11 is 0. The molecule has 1 spiro atoms. The summed E-state index contributed by atoms with van der Waals surface area (Å²) in [5.74, 6) is 1.69. The van der Waals surface area contributed by atoms with Crippen LogP contribution in [0.1, 0.15) is 40.9 Å². The molecule has 0 fully saturated rings. The number of carbonyl (C=O) groups excluding carboxylic acids is 1. The summed E-state index contributed by atoms with van der Waals surface area (Å²) in [4.78, 5) is 13.6. The van der Waals surface area contributed by atoms with Gasteiger partial charge in [0.05, 0.1) is 14.2 Å². The van der Waals surface area contributed by atoms with E-state index in [0.29, 0.717) is 0 Å². The lowest BCUT2D eigenvalue weighted by molar-refractivity contribution is 0.0931. The normalized spacial score (nSPS) is 20.7.